The number of benzene rings is 2. The van der Waals surface area contributed by atoms with Crippen LogP contribution in [0, 0.1) is 0 Å². The highest BCUT2D eigenvalue weighted by molar-refractivity contribution is 9.10. The van der Waals surface area contributed by atoms with Gasteiger partial charge in [0.05, 0.1) is 5.52 Å². The summed E-state index contributed by atoms with van der Waals surface area (Å²) >= 11 is 3.62. The van der Waals surface area contributed by atoms with E-state index in [9.17, 15) is 0 Å². The van der Waals surface area contributed by atoms with Gasteiger partial charge >= 0.3 is 0 Å². The molecule has 3 heteroatoms. The highest BCUT2D eigenvalue weighted by atomic mass is 79.9. The fourth-order valence-electron chi connectivity index (χ4n) is 2.66. The molecular weight excluding hydrogens is 312 g/mol. The van der Waals surface area contributed by atoms with Gasteiger partial charge in [-0.25, -0.2) is 4.98 Å². The van der Waals surface area contributed by atoms with Crippen LogP contribution in [0.1, 0.15) is 0 Å². The fourth-order valence-corrected chi connectivity index (χ4v) is 3.09. The van der Waals surface area contributed by atoms with Crippen LogP contribution in [0.4, 0.5) is 0 Å². The van der Waals surface area contributed by atoms with Gasteiger partial charge in [-0.3, -0.25) is 0 Å². The Hall–Kier alpha value is -2.13. The zero-order valence-electron chi connectivity index (χ0n) is 10.6. The molecule has 2 nitrogen and oxygen atoms in total. The lowest BCUT2D eigenvalue weighted by Crippen LogP contribution is -1.80. The third kappa shape index (κ3) is 1.67. The first-order valence-corrected chi connectivity index (χ1v) is 7.24. The maximum absolute atomic E-state index is 4.42. The lowest BCUT2D eigenvalue weighted by molar-refractivity contribution is 1.34. The fraction of sp³-hybridized carbons (Fsp3) is 0. The SMILES string of the molecule is Brc1ccc(-c2ccccc2)c2c1[nH]c1ncccc12. The quantitative estimate of drug-likeness (QED) is 0.516. The first-order valence-electron chi connectivity index (χ1n) is 6.45. The molecule has 96 valence electrons. The molecule has 0 amide bonds. The van der Waals surface area contributed by atoms with Crippen LogP contribution >= 0.6 is 15.9 Å². The van der Waals surface area contributed by atoms with Crippen molar-refractivity contribution in [2.75, 3.05) is 0 Å². The van der Waals surface area contributed by atoms with Gasteiger partial charge in [-0.15, -0.1) is 0 Å². The molecule has 0 unspecified atom stereocenters. The third-order valence-electron chi connectivity index (χ3n) is 3.56. The first kappa shape index (κ1) is 11.7. The summed E-state index contributed by atoms with van der Waals surface area (Å²) in [5.74, 6) is 0. The van der Waals surface area contributed by atoms with E-state index in [1.165, 1.54) is 16.5 Å². The zero-order chi connectivity index (χ0) is 13.5. The van der Waals surface area contributed by atoms with E-state index < -0.39 is 0 Å². The summed E-state index contributed by atoms with van der Waals surface area (Å²) in [6.07, 6.45) is 1.81. The van der Waals surface area contributed by atoms with Gasteiger partial charge in [0.15, 0.2) is 0 Å². The van der Waals surface area contributed by atoms with Gasteiger partial charge in [0.25, 0.3) is 0 Å². The van der Waals surface area contributed by atoms with Gasteiger partial charge in [-0.05, 0) is 45.3 Å². The van der Waals surface area contributed by atoms with E-state index in [1.807, 2.05) is 18.3 Å². The largest absolute Gasteiger partial charge is 0.338 e. The number of hydrogen-bond donors (Lipinski definition) is 1. The van der Waals surface area contributed by atoms with Crippen molar-refractivity contribution in [1.82, 2.24) is 9.97 Å². The van der Waals surface area contributed by atoms with E-state index in [2.05, 4.69) is 68.4 Å². The Morgan fingerprint density at radius 3 is 2.60 bits per heavy atom. The number of aromatic nitrogens is 2. The van der Waals surface area contributed by atoms with E-state index >= 15 is 0 Å². The molecule has 0 bridgehead atoms. The number of nitrogens with zero attached hydrogens (tertiary/aromatic N) is 1. The molecule has 4 rings (SSSR count). The molecule has 0 aliphatic rings. The maximum Gasteiger partial charge on any atom is 0.138 e. The summed E-state index contributed by atoms with van der Waals surface area (Å²) in [5.41, 5.74) is 4.46. The van der Waals surface area contributed by atoms with Crippen molar-refractivity contribution >= 4 is 37.9 Å². The maximum atomic E-state index is 4.42. The van der Waals surface area contributed by atoms with Crippen LogP contribution in [0.3, 0.4) is 0 Å². The van der Waals surface area contributed by atoms with Crippen molar-refractivity contribution < 1.29 is 0 Å². The topological polar surface area (TPSA) is 28.7 Å². The minimum Gasteiger partial charge on any atom is -0.338 e. The summed E-state index contributed by atoms with van der Waals surface area (Å²) in [6.45, 7) is 0. The van der Waals surface area contributed by atoms with Gasteiger partial charge in [0.2, 0.25) is 0 Å². The summed E-state index contributed by atoms with van der Waals surface area (Å²) in [7, 11) is 0. The molecule has 20 heavy (non-hydrogen) atoms. The number of halogens is 1. The Morgan fingerprint density at radius 2 is 1.75 bits per heavy atom. The van der Waals surface area contributed by atoms with Crippen LogP contribution in [0.25, 0.3) is 33.1 Å². The Morgan fingerprint density at radius 1 is 0.900 bits per heavy atom. The first-order chi connectivity index (χ1) is 9.84. The van der Waals surface area contributed by atoms with Crippen molar-refractivity contribution in [2.24, 2.45) is 0 Å². The monoisotopic (exact) mass is 322 g/mol. The van der Waals surface area contributed by atoms with Crippen LogP contribution in [-0.4, -0.2) is 9.97 Å². The molecule has 2 aromatic carbocycles. The predicted octanol–water partition coefficient (Wildman–Crippen LogP) is 5.15. The van der Waals surface area contributed by atoms with Crippen LogP contribution in [0.5, 0.6) is 0 Å². The molecular formula is C17H11BrN2. The van der Waals surface area contributed by atoms with Crippen LogP contribution < -0.4 is 0 Å². The predicted molar refractivity (Wildman–Crippen MR) is 86.7 cm³/mol. The summed E-state index contributed by atoms with van der Waals surface area (Å²) < 4.78 is 1.06. The van der Waals surface area contributed by atoms with Crippen molar-refractivity contribution in [1.29, 1.82) is 0 Å². The molecule has 2 heterocycles. The second-order valence-electron chi connectivity index (χ2n) is 4.74. The molecule has 0 aliphatic heterocycles. The van der Waals surface area contributed by atoms with Crippen LogP contribution in [-0.2, 0) is 0 Å². The van der Waals surface area contributed by atoms with Gasteiger partial charge in [-0.2, -0.15) is 0 Å². The van der Waals surface area contributed by atoms with Crippen LogP contribution in [0.2, 0.25) is 0 Å². The van der Waals surface area contributed by atoms with Crippen LogP contribution in [0.15, 0.2) is 65.3 Å². The average Bonchev–Trinajstić information content (AvgIpc) is 2.89. The minimum absolute atomic E-state index is 0.923. The standard InChI is InChI=1S/C17H11BrN2/c18-14-9-8-12(11-5-2-1-3-6-11)15-13-7-4-10-19-17(13)20-16(14)15/h1-10H,(H,19,20). The molecule has 4 aromatic rings. The summed E-state index contributed by atoms with van der Waals surface area (Å²) in [6, 6.07) is 18.8. The molecule has 1 N–H and O–H groups in total. The summed E-state index contributed by atoms with van der Waals surface area (Å²) in [4.78, 5) is 7.82. The molecule has 0 aliphatic carbocycles. The van der Waals surface area contributed by atoms with E-state index in [4.69, 9.17) is 0 Å². The van der Waals surface area contributed by atoms with Crippen molar-refractivity contribution in [3.05, 3.63) is 65.3 Å². The van der Waals surface area contributed by atoms with Crippen molar-refractivity contribution in [2.45, 2.75) is 0 Å². The van der Waals surface area contributed by atoms with Crippen molar-refractivity contribution in [3.63, 3.8) is 0 Å². The van der Waals surface area contributed by atoms with Gasteiger partial charge in [-0.1, -0.05) is 36.4 Å². The van der Waals surface area contributed by atoms with Crippen molar-refractivity contribution in [3.8, 4) is 11.1 Å². The third-order valence-corrected chi connectivity index (χ3v) is 4.22. The second kappa shape index (κ2) is 4.46. The number of rotatable bonds is 1. The van der Waals surface area contributed by atoms with Gasteiger partial charge < -0.3 is 4.98 Å². The molecule has 0 saturated carbocycles. The second-order valence-corrected chi connectivity index (χ2v) is 5.59. The Balaban J connectivity index is 2.19. The lowest BCUT2D eigenvalue weighted by Gasteiger charge is -2.05. The van der Waals surface area contributed by atoms with E-state index in [1.54, 1.807) is 0 Å². The van der Waals surface area contributed by atoms with Gasteiger partial charge in [0.1, 0.15) is 5.65 Å². The molecule has 0 fully saturated rings. The van der Waals surface area contributed by atoms with E-state index in [0.717, 1.165) is 21.0 Å². The van der Waals surface area contributed by atoms with Gasteiger partial charge in [0, 0.05) is 21.4 Å². The zero-order valence-corrected chi connectivity index (χ0v) is 12.2. The molecule has 0 saturated heterocycles. The van der Waals surface area contributed by atoms with E-state index in [-0.39, 0.29) is 0 Å². The molecule has 2 aromatic heterocycles. The Labute approximate surface area is 124 Å². The Kier molecular flexibility index (Phi) is 2.60. The van der Waals surface area contributed by atoms with E-state index in [0.29, 0.717) is 0 Å². The number of pyridine rings is 1. The number of nitrogens with one attached hydrogen (secondary N) is 1. The smallest absolute Gasteiger partial charge is 0.138 e. The summed E-state index contributed by atoms with van der Waals surface area (Å²) in [5, 5.41) is 2.37. The highest BCUT2D eigenvalue weighted by Crippen LogP contribution is 2.37. The number of fused-ring (bicyclic) bond motifs is 3. The average molecular weight is 323 g/mol. The lowest BCUT2D eigenvalue weighted by atomic mass is 10.00. The number of aromatic amines is 1. The molecule has 0 radical (unpaired) electrons. The number of hydrogen-bond acceptors (Lipinski definition) is 1. The highest BCUT2D eigenvalue weighted by Gasteiger charge is 2.12. The Bertz CT molecular complexity index is 910. The minimum atomic E-state index is 0.923. The molecule has 0 atom stereocenters. The number of H-pyrrole nitrogens is 1. The normalized spacial score (nSPS) is 11.2. The molecule has 0 spiro atoms.